The average Bonchev–Trinajstić information content (AvgIpc) is 2.59. The van der Waals surface area contributed by atoms with E-state index < -0.39 is 0 Å². The van der Waals surface area contributed by atoms with Crippen molar-refractivity contribution in [1.29, 1.82) is 0 Å². The van der Waals surface area contributed by atoms with Gasteiger partial charge in [-0.05, 0) is 18.8 Å². The van der Waals surface area contributed by atoms with E-state index in [1.807, 2.05) is 6.92 Å². The van der Waals surface area contributed by atoms with Crippen LogP contribution in [0.3, 0.4) is 0 Å². The lowest BCUT2D eigenvalue weighted by Gasteiger charge is -2.10. The highest BCUT2D eigenvalue weighted by Crippen LogP contribution is 2.15. The van der Waals surface area contributed by atoms with Gasteiger partial charge in [-0.1, -0.05) is 105 Å². The van der Waals surface area contributed by atoms with Gasteiger partial charge in [-0.15, -0.1) is 0 Å². The number of unbranched alkanes of at least 4 members (excludes halogenated alkanes) is 9. The fraction of sp³-hybridized carbons (Fsp3) is 0.955. The Hall–Kier alpha value is -0.530. The summed E-state index contributed by atoms with van der Waals surface area (Å²) in [5, 5.41) is 0. The molecule has 0 heterocycles. The lowest BCUT2D eigenvalue weighted by Crippen LogP contribution is -2.15. The third-order valence-electron chi connectivity index (χ3n) is 5.18. The van der Waals surface area contributed by atoms with Gasteiger partial charge in [0.1, 0.15) is 0 Å². The number of carbonyl (C=O) groups is 1. The van der Waals surface area contributed by atoms with Gasteiger partial charge in [0.25, 0.3) is 0 Å². The van der Waals surface area contributed by atoms with Crippen LogP contribution in [-0.4, -0.2) is 12.6 Å². The molecular weight excluding hydrogens is 296 g/mol. The molecule has 2 nitrogen and oxygen atoms in total. The van der Waals surface area contributed by atoms with Crippen LogP contribution in [0.5, 0.6) is 0 Å². The van der Waals surface area contributed by atoms with Crippen molar-refractivity contribution in [2.45, 2.75) is 118 Å². The first kappa shape index (κ1) is 23.5. The van der Waals surface area contributed by atoms with E-state index in [1.165, 1.54) is 64.2 Å². The van der Waals surface area contributed by atoms with Crippen LogP contribution < -0.4 is 0 Å². The quantitative estimate of drug-likeness (QED) is 0.205. The Kier molecular flexibility index (Phi) is 16.9. The van der Waals surface area contributed by atoms with Crippen molar-refractivity contribution in [2.75, 3.05) is 6.61 Å². The van der Waals surface area contributed by atoms with Crippen LogP contribution in [-0.2, 0) is 9.53 Å². The summed E-state index contributed by atoms with van der Waals surface area (Å²) >= 11 is 0. The Bertz CT molecular complexity index is 275. The lowest BCUT2D eigenvalue weighted by atomic mass is 9.99. The van der Waals surface area contributed by atoms with Crippen molar-refractivity contribution in [3.63, 3.8) is 0 Å². The molecule has 2 atom stereocenters. The molecule has 0 radical (unpaired) electrons. The van der Waals surface area contributed by atoms with Crippen molar-refractivity contribution in [3.8, 4) is 0 Å². The van der Waals surface area contributed by atoms with E-state index in [9.17, 15) is 4.79 Å². The van der Waals surface area contributed by atoms with Crippen LogP contribution >= 0.6 is 0 Å². The van der Waals surface area contributed by atoms with E-state index in [4.69, 9.17) is 4.74 Å². The van der Waals surface area contributed by atoms with Crippen LogP contribution in [0.1, 0.15) is 118 Å². The molecule has 0 bridgehead atoms. The minimum absolute atomic E-state index is 0.000779. The average molecular weight is 341 g/mol. The molecular formula is C22H44O2. The fourth-order valence-electron chi connectivity index (χ4n) is 2.98. The Morgan fingerprint density at radius 1 is 0.750 bits per heavy atom. The molecule has 2 heteroatoms. The first-order valence-electron chi connectivity index (χ1n) is 10.8. The molecule has 0 aliphatic rings. The van der Waals surface area contributed by atoms with E-state index in [0.717, 1.165) is 31.6 Å². The first-order valence-corrected chi connectivity index (χ1v) is 10.8. The molecule has 0 aliphatic heterocycles. The molecule has 0 aromatic heterocycles. The van der Waals surface area contributed by atoms with Gasteiger partial charge in [-0.3, -0.25) is 4.79 Å². The highest BCUT2D eigenvalue weighted by atomic mass is 16.5. The molecule has 0 aromatic carbocycles. The van der Waals surface area contributed by atoms with Crippen molar-refractivity contribution in [3.05, 3.63) is 0 Å². The zero-order valence-corrected chi connectivity index (χ0v) is 17.1. The number of hydrogen-bond donors (Lipinski definition) is 0. The summed E-state index contributed by atoms with van der Waals surface area (Å²) in [7, 11) is 0. The topological polar surface area (TPSA) is 26.3 Å². The highest BCUT2D eigenvalue weighted by molar-refractivity contribution is 5.71. The minimum atomic E-state index is 0.000779. The Labute approximate surface area is 152 Å². The molecule has 24 heavy (non-hydrogen) atoms. The Morgan fingerprint density at radius 2 is 1.29 bits per heavy atom. The van der Waals surface area contributed by atoms with Gasteiger partial charge >= 0.3 is 5.97 Å². The molecule has 0 saturated heterocycles. The van der Waals surface area contributed by atoms with Crippen LogP contribution in [0.4, 0.5) is 0 Å². The predicted molar refractivity (Wildman–Crippen MR) is 105 cm³/mol. The lowest BCUT2D eigenvalue weighted by molar-refractivity contribution is -0.148. The molecule has 0 amide bonds. The van der Waals surface area contributed by atoms with Gasteiger partial charge in [-0.25, -0.2) is 0 Å². The molecule has 0 N–H and O–H groups in total. The molecule has 0 aliphatic carbocycles. The second-order valence-electron chi connectivity index (χ2n) is 7.69. The molecule has 144 valence electrons. The largest absolute Gasteiger partial charge is 0.465 e. The smallest absolute Gasteiger partial charge is 0.308 e. The van der Waals surface area contributed by atoms with E-state index in [2.05, 4.69) is 20.8 Å². The summed E-state index contributed by atoms with van der Waals surface area (Å²) in [4.78, 5) is 11.7. The molecule has 0 aromatic rings. The van der Waals surface area contributed by atoms with E-state index in [-0.39, 0.29) is 11.9 Å². The van der Waals surface area contributed by atoms with E-state index in [0.29, 0.717) is 6.61 Å². The Morgan fingerprint density at radius 3 is 1.83 bits per heavy atom. The second kappa shape index (κ2) is 17.3. The van der Waals surface area contributed by atoms with Crippen LogP contribution in [0.2, 0.25) is 0 Å². The molecule has 2 unspecified atom stereocenters. The third-order valence-corrected chi connectivity index (χ3v) is 5.18. The SMILES string of the molecule is CCCCC(C)C(=O)OCCCCCCCCCCCC(C)CC. The van der Waals surface area contributed by atoms with Crippen molar-refractivity contribution in [1.82, 2.24) is 0 Å². The van der Waals surface area contributed by atoms with Crippen LogP contribution in [0, 0.1) is 11.8 Å². The second-order valence-corrected chi connectivity index (χ2v) is 7.69. The van der Waals surface area contributed by atoms with Crippen LogP contribution in [0.25, 0.3) is 0 Å². The summed E-state index contributed by atoms with van der Waals surface area (Å²) in [6.45, 7) is 9.42. The van der Waals surface area contributed by atoms with Crippen molar-refractivity contribution >= 4 is 5.97 Å². The standard InChI is InChI=1S/C22H44O2/c1-5-7-18-21(4)22(23)24-19-16-14-12-10-8-9-11-13-15-17-20(3)6-2/h20-21H,5-19H2,1-4H3. The number of rotatable bonds is 17. The maximum Gasteiger partial charge on any atom is 0.308 e. The maximum absolute atomic E-state index is 11.7. The molecule has 0 rings (SSSR count). The summed E-state index contributed by atoms with van der Waals surface area (Å²) in [6.07, 6.45) is 17.8. The highest BCUT2D eigenvalue weighted by Gasteiger charge is 2.13. The number of carbonyl (C=O) groups excluding carboxylic acids is 1. The van der Waals surface area contributed by atoms with Gasteiger partial charge in [0, 0.05) is 0 Å². The Balaban J connectivity index is 3.24. The molecule has 0 spiro atoms. The van der Waals surface area contributed by atoms with Gasteiger partial charge in [0.05, 0.1) is 12.5 Å². The van der Waals surface area contributed by atoms with Gasteiger partial charge in [0.15, 0.2) is 0 Å². The van der Waals surface area contributed by atoms with Crippen molar-refractivity contribution in [2.24, 2.45) is 11.8 Å². The van der Waals surface area contributed by atoms with Gasteiger partial charge < -0.3 is 4.74 Å². The minimum Gasteiger partial charge on any atom is -0.465 e. The molecule has 0 fully saturated rings. The fourth-order valence-corrected chi connectivity index (χ4v) is 2.98. The maximum atomic E-state index is 11.7. The summed E-state index contributed by atoms with van der Waals surface area (Å²) < 4.78 is 5.36. The van der Waals surface area contributed by atoms with Gasteiger partial charge in [-0.2, -0.15) is 0 Å². The predicted octanol–water partition coefficient (Wildman–Crippen LogP) is 7.30. The zero-order valence-electron chi connectivity index (χ0n) is 17.1. The first-order chi connectivity index (χ1) is 11.6. The number of ether oxygens (including phenoxy) is 1. The summed E-state index contributed by atoms with van der Waals surface area (Å²) in [6, 6.07) is 0. The zero-order chi connectivity index (χ0) is 18.0. The van der Waals surface area contributed by atoms with Crippen molar-refractivity contribution < 1.29 is 9.53 Å². The summed E-state index contributed by atoms with van der Waals surface area (Å²) in [5.74, 6) is 0.986. The third kappa shape index (κ3) is 15.0. The number of esters is 1. The number of hydrogen-bond acceptors (Lipinski definition) is 2. The normalized spacial score (nSPS) is 13.7. The monoisotopic (exact) mass is 340 g/mol. The van der Waals surface area contributed by atoms with Gasteiger partial charge in [0.2, 0.25) is 0 Å². The molecule has 0 saturated carbocycles. The van der Waals surface area contributed by atoms with E-state index >= 15 is 0 Å². The summed E-state index contributed by atoms with van der Waals surface area (Å²) in [5.41, 5.74) is 0. The van der Waals surface area contributed by atoms with Crippen LogP contribution in [0.15, 0.2) is 0 Å². The van der Waals surface area contributed by atoms with E-state index in [1.54, 1.807) is 0 Å².